The highest BCUT2D eigenvalue weighted by Crippen LogP contribution is 2.10. The second-order valence-electron chi connectivity index (χ2n) is 7.73. The van der Waals surface area contributed by atoms with Crippen LogP contribution in [-0.4, -0.2) is 50.2 Å². The Morgan fingerprint density at radius 3 is 2.16 bits per heavy atom. The number of ether oxygens (including phenoxy) is 1. The molecule has 5 heteroatoms. The van der Waals surface area contributed by atoms with Crippen LogP contribution in [-0.2, 0) is 14.3 Å². The van der Waals surface area contributed by atoms with Gasteiger partial charge in [-0.15, -0.1) is 0 Å². The Kier molecular flexibility index (Phi) is 13.1. The summed E-state index contributed by atoms with van der Waals surface area (Å²) in [6.07, 6.45) is 12.8. The molecule has 5 nitrogen and oxygen atoms in total. The number of likely N-dealkylation sites (N-methyl/N-ethyl adjacent to an activating group) is 1. The number of hydrogen-bond donors (Lipinski definition) is 0. The van der Waals surface area contributed by atoms with E-state index in [0.717, 1.165) is 32.1 Å². The van der Waals surface area contributed by atoms with Crippen LogP contribution in [0.5, 0.6) is 0 Å². The molecule has 0 bridgehead atoms. The van der Waals surface area contributed by atoms with Crippen molar-refractivity contribution in [3.05, 3.63) is 12.2 Å². The highest BCUT2D eigenvalue weighted by atomic mass is 16.5. The van der Waals surface area contributed by atoms with Gasteiger partial charge in [0.05, 0.1) is 21.1 Å². The largest absolute Gasteiger partial charge is 0.550 e. The molecule has 0 aliphatic carbocycles. The van der Waals surface area contributed by atoms with Gasteiger partial charge in [0.15, 0.2) is 6.10 Å². The Hall–Kier alpha value is -1.36. The van der Waals surface area contributed by atoms with E-state index in [1.165, 1.54) is 19.3 Å². The fourth-order valence-corrected chi connectivity index (χ4v) is 2.63. The summed E-state index contributed by atoms with van der Waals surface area (Å²) in [5.74, 6) is -1.49. The zero-order chi connectivity index (χ0) is 19.1. The fraction of sp³-hybridized carbons (Fsp3) is 0.800. The highest BCUT2D eigenvalue weighted by Gasteiger charge is 2.22. The van der Waals surface area contributed by atoms with Gasteiger partial charge in [-0.1, -0.05) is 44.8 Å². The molecule has 146 valence electrons. The van der Waals surface area contributed by atoms with E-state index in [9.17, 15) is 14.7 Å². The smallest absolute Gasteiger partial charge is 0.306 e. The van der Waals surface area contributed by atoms with Crippen LogP contribution in [0.25, 0.3) is 0 Å². The van der Waals surface area contributed by atoms with Crippen LogP contribution in [0, 0.1) is 0 Å². The summed E-state index contributed by atoms with van der Waals surface area (Å²) in [7, 11) is 5.81. The van der Waals surface area contributed by atoms with E-state index in [2.05, 4.69) is 19.1 Å². The minimum absolute atomic E-state index is 0.244. The van der Waals surface area contributed by atoms with E-state index >= 15 is 0 Å². The van der Waals surface area contributed by atoms with Gasteiger partial charge in [-0.25, -0.2) is 0 Å². The molecular formula is C20H37NO4. The van der Waals surface area contributed by atoms with Crippen LogP contribution in [0.1, 0.15) is 71.1 Å². The van der Waals surface area contributed by atoms with E-state index in [0.29, 0.717) is 17.4 Å². The zero-order valence-corrected chi connectivity index (χ0v) is 16.6. The number of carboxylic acids is 1. The lowest BCUT2D eigenvalue weighted by atomic mass is 10.1. The number of carbonyl (C=O) groups excluding carboxylic acids is 2. The number of carboxylic acid groups (broad SMARTS) is 1. The van der Waals surface area contributed by atoms with E-state index in [4.69, 9.17) is 4.74 Å². The first-order valence-electron chi connectivity index (χ1n) is 9.59. The molecule has 0 amide bonds. The van der Waals surface area contributed by atoms with Crippen LogP contribution in [0.4, 0.5) is 0 Å². The first-order valence-corrected chi connectivity index (χ1v) is 9.59. The number of quaternary nitrogens is 1. The van der Waals surface area contributed by atoms with E-state index in [-0.39, 0.29) is 12.4 Å². The molecule has 0 spiro atoms. The Bertz CT molecular complexity index is 399. The number of nitrogens with zero attached hydrogens (tertiary/aromatic N) is 1. The molecule has 25 heavy (non-hydrogen) atoms. The molecule has 0 aromatic rings. The van der Waals surface area contributed by atoms with Crippen molar-refractivity contribution in [2.45, 2.75) is 77.2 Å². The van der Waals surface area contributed by atoms with E-state index in [1.54, 1.807) is 0 Å². The lowest BCUT2D eigenvalue weighted by Gasteiger charge is -2.29. The number of unbranched alkanes of at least 4 members (excludes halogenated alkanes) is 6. The summed E-state index contributed by atoms with van der Waals surface area (Å²) >= 11 is 0. The van der Waals surface area contributed by atoms with Crippen LogP contribution >= 0.6 is 0 Å². The molecule has 1 atom stereocenters. The standard InChI is InChI=1S/C20H37NO4/c1-5-6-7-8-9-10-11-12-13-14-15-20(24)25-18(16-19(22)23)17-21(2,3)4/h8-9,18H,5-7,10-17H2,1-4H3/b9-8+. The van der Waals surface area contributed by atoms with Crippen molar-refractivity contribution in [2.75, 3.05) is 27.7 Å². The summed E-state index contributed by atoms with van der Waals surface area (Å²) in [5.41, 5.74) is 0. The number of esters is 1. The predicted molar refractivity (Wildman–Crippen MR) is 98.8 cm³/mol. The second-order valence-corrected chi connectivity index (χ2v) is 7.73. The van der Waals surface area contributed by atoms with Crippen LogP contribution in [0.3, 0.4) is 0 Å². The summed E-state index contributed by atoms with van der Waals surface area (Å²) < 4.78 is 5.87. The molecule has 0 radical (unpaired) electrons. The first-order chi connectivity index (χ1) is 11.7. The van der Waals surface area contributed by atoms with Crippen molar-refractivity contribution in [3.63, 3.8) is 0 Å². The third-order valence-electron chi connectivity index (χ3n) is 3.84. The summed E-state index contributed by atoms with van der Waals surface area (Å²) in [4.78, 5) is 22.7. The topological polar surface area (TPSA) is 66.4 Å². The van der Waals surface area contributed by atoms with Gasteiger partial charge in [0.1, 0.15) is 6.54 Å². The first kappa shape index (κ1) is 23.6. The number of allylic oxidation sites excluding steroid dienone is 2. The van der Waals surface area contributed by atoms with Crippen molar-refractivity contribution in [3.8, 4) is 0 Å². The Morgan fingerprint density at radius 1 is 1.00 bits per heavy atom. The highest BCUT2D eigenvalue weighted by molar-refractivity contribution is 5.70. The fourth-order valence-electron chi connectivity index (χ4n) is 2.63. The Balaban J connectivity index is 3.85. The number of carbonyl (C=O) groups is 2. The maximum absolute atomic E-state index is 11.9. The Labute approximate surface area is 153 Å². The molecule has 0 saturated heterocycles. The number of rotatable bonds is 15. The molecule has 0 aromatic heterocycles. The summed E-state index contributed by atoms with van der Waals surface area (Å²) in [5, 5.41) is 10.8. The van der Waals surface area contributed by atoms with Gasteiger partial charge >= 0.3 is 5.97 Å². The van der Waals surface area contributed by atoms with Gasteiger partial charge in [-0.2, -0.15) is 0 Å². The van der Waals surface area contributed by atoms with Gasteiger partial charge in [-0.3, -0.25) is 4.79 Å². The molecule has 0 N–H and O–H groups in total. The van der Waals surface area contributed by atoms with Crippen LogP contribution in [0.15, 0.2) is 12.2 Å². The average Bonchev–Trinajstić information content (AvgIpc) is 2.46. The minimum Gasteiger partial charge on any atom is -0.550 e. The summed E-state index contributed by atoms with van der Waals surface area (Å²) in [6, 6.07) is 0. The lowest BCUT2D eigenvalue weighted by molar-refractivity contribution is -0.873. The van der Waals surface area contributed by atoms with Crippen molar-refractivity contribution in [2.24, 2.45) is 0 Å². The molecule has 0 rings (SSSR count). The van der Waals surface area contributed by atoms with Gasteiger partial charge < -0.3 is 19.1 Å². The summed E-state index contributed by atoms with van der Waals surface area (Å²) in [6.45, 7) is 2.66. The van der Waals surface area contributed by atoms with Crippen molar-refractivity contribution in [1.29, 1.82) is 0 Å². The lowest BCUT2D eigenvalue weighted by Crippen LogP contribution is -2.45. The molecule has 0 saturated carbocycles. The number of aliphatic carboxylic acids is 1. The SMILES string of the molecule is CCCC/C=C/CCCCCCC(=O)OC(CC(=O)[O-])C[N+](C)(C)C. The molecule has 0 aliphatic heterocycles. The van der Waals surface area contributed by atoms with Gasteiger partial charge in [0.25, 0.3) is 0 Å². The molecule has 0 aliphatic rings. The van der Waals surface area contributed by atoms with E-state index < -0.39 is 12.1 Å². The van der Waals surface area contributed by atoms with Crippen LogP contribution < -0.4 is 5.11 Å². The van der Waals surface area contributed by atoms with Crippen molar-refractivity contribution < 1.29 is 23.9 Å². The quantitative estimate of drug-likeness (QED) is 0.196. The molecular weight excluding hydrogens is 318 g/mol. The molecule has 0 fully saturated rings. The van der Waals surface area contributed by atoms with Gasteiger partial charge in [-0.05, 0) is 25.7 Å². The van der Waals surface area contributed by atoms with Gasteiger partial charge in [0.2, 0.25) is 0 Å². The second kappa shape index (κ2) is 13.9. The average molecular weight is 356 g/mol. The van der Waals surface area contributed by atoms with Crippen molar-refractivity contribution >= 4 is 11.9 Å². The third-order valence-corrected chi connectivity index (χ3v) is 3.84. The predicted octanol–water partition coefficient (Wildman–Crippen LogP) is 2.83. The van der Waals surface area contributed by atoms with Crippen LogP contribution in [0.2, 0.25) is 0 Å². The number of hydrogen-bond acceptors (Lipinski definition) is 4. The van der Waals surface area contributed by atoms with E-state index in [1.807, 2.05) is 21.1 Å². The maximum atomic E-state index is 11.9. The Morgan fingerprint density at radius 2 is 1.60 bits per heavy atom. The third kappa shape index (κ3) is 17.3. The monoisotopic (exact) mass is 355 g/mol. The zero-order valence-electron chi connectivity index (χ0n) is 16.6. The normalized spacial score (nSPS) is 13.1. The molecule has 1 unspecified atom stereocenters. The maximum Gasteiger partial charge on any atom is 0.306 e. The molecule has 0 heterocycles. The van der Waals surface area contributed by atoms with Gasteiger partial charge in [0, 0.05) is 18.8 Å². The van der Waals surface area contributed by atoms with Crippen molar-refractivity contribution in [1.82, 2.24) is 0 Å². The minimum atomic E-state index is -1.18. The molecule has 0 aromatic carbocycles.